The second kappa shape index (κ2) is 5.00. The van der Waals surface area contributed by atoms with Crippen molar-refractivity contribution >= 4 is 0 Å². The third kappa shape index (κ3) is 3.10. The lowest BCUT2D eigenvalue weighted by atomic mass is 9.70. The smallest absolute Gasteiger partial charge is 0.101 e. The van der Waals surface area contributed by atoms with Crippen molar-refractivity contribution in [1.29, 1.82) is 0 Å². The first-order valence-corrected chi connectivity index (χ1v) is 6.23. The molecular formula is C15H24O3. The summed E-state index contributed by atoms with van der Waals surface area (Å²) >= 11 is 0. The Morgan fingerprint density at radius 3 is 2.44 bits per heavy atom. The fourth-order valence-electron chi connectivity index (χ4n) is 2.40. The zero-order valence-corrected chi connectivity index (χ0v) is 11.6. The van der Waals surface area contributed by atoms with Gasteiger partial charge in [-0.15, -0.1) is 0 Å². The molecule has 18 heavy (non-hydrogen) atoms. The summed E-state index contributed by atoms with van der Waals surface area (Å²) in [4.78, 5) is 0. The fraction of sp³-hybridized carbons (Fsp3) is 0.600. The molecule has 1 aliphatic rings. The maximum absolute atomic E-state index is 9.91. The van der Waals surface area contributed by atoms with E-state index < -0.39 is 17.8 Å². The van der Waals surface area contributed by atoms with Crippen molar-refractivity contribution < 1.29 is 15.3 Å². The monoisotopic (exact) mass is 252 g/mol. The lowest BCUT2D eigenvalue weighted by Gasteiger charge is -2.38. The first-order chi connectivity index (χ1) is 8.10. The molecule has 0 aromatic rings. The molecule has 0 heterocycles. The summed E-state index contributed by atoms with van der Waals surface area (Å²) in [6.07, 6.45) is 3.89. The lowest BCUT2D eigenvalue weighted by Crippen LogP contribution is -2.39. The maximum atomic E-state index is 9.91. The summed E-state index contributed by atoms with van der Waals surface area (Å²) in [6.45, 7) is 11.1. The van der Waals surface area contributed by atoms with Crippen LogP contribution in [0, 0.1) is 5.41 Å². The Kier molecular flexibility index (Phi) is 4.21. The highest BCUT2D eigenvalue weighted by molar-refractivity contribution is 5.37. The number of allylic oxidation sites excluding steroid dienone is 2. The number of rotatable bonds is 3. The second-order valence-corrected chi connectivity index (χ2v) is 5.96. The predicted molar refractivity (Wildman–Crippen MR) is 73.1 cm³/mol. The first kappa shape index (κ1) is 15.2. The van der Waals surface area contributed by atoms with Crippen molar-refractivity contribution in [3.8, 4) is 0 Å². The summed E-state index contributed by atoms with van der Waals surface area (Å²) < 4.78 is 0. The van der Waals surface area contributed by atoms with Gasteiger partial charge in [0, 0.05) is 0 Å². The largest absolute Gasteiger partial charge is 0.390 e. The highest BCUT2D eigenvalue weighted by Gasteiger charge is 2.37. The van der Waals surface area contributed by atoms with E-state index >= 15 is 0 Å². The van der Waals surface area contributed by atoms with Gasteiger partial charge < -0.3 is 15.3 Å². The van der Waals surface area contributed by atoms with E-state index in [1.807, 2.05) is 26.8 Å². The molecule has 0 saturated heterocycles. The maximum Gasteiger partial charge on any atom is 0.101 e. The van der Waals surface area contributed by atoms with Crippen molar-refractivity contribution in [2.24, 2.45) is 5.41 Å². The van der Waals surface area contributed by atoms with Gasteiger partial charge in [0.05, 0.1) is 11.7 Å². The average Bonchev–Trinajstić information content (AvgIpc) is 2.25. The topological polar surface area (TPSA) is 60.7 Å². The molecule has 0 bridgehead atoms. The summed E-state index contributed by atoms with van der Waals surface area (Å²) in [5, 5.41) is 29.6. The molecule has 0 spiro atoms. The Morgan fingerprint density at radius 1 is 1.39 bits per heavy atom. The minimum atomic E-state index is -1.07. The first-order valence-electron chi connectivity index (χ1n) is 6.23. The molecule has 3 unspecified atom stereocenters. The molecule has 0 aromatic carbocycles. The van der Waals surface area contributed by atoms with Crippen LogP contribution in [0.1, 0.15) is 34.1 Å². The van der Waals surface area contributed by atoms with Gasteiger partial charge in [-0.25, -0.2) is 0 Å². The highest BCUT2D eigenvalue weighted by atomic mass is 16.3. The summed E-state index contributed by atoms with van der Waals surface area (Å²) in [5.74, 6) is 0. The summed E-state index contributed by atoms with van der Waals surface area (Å²) in [7, 11) is 0. The third-order valence-corrected chi connectivity index (χ3v) is 3.68. The van der Waals surface area contributed by atoms with Crippen LogP contribution in [-0.4, -0.2) is 33.1 Å². The van der Waals surface area contributed by atoms with E-state index in [1.54, 1.807) is 13.0 Å². The average molecular weight is 252 g/mol. The standard InChI is InChI=1S/C15H24O3/c1-6-15(5,18)8-7-11-10(2)13(17)12(16)9-14(11,3)4/h6-8,12-13,16-18H,1,9H2,2-5H3/b8-7+. The number of aliphatic hydroxyl groups excluding tert-OH is 2. The molecule has 0 radical (unpaired) electrons. The Bertz CT molecular complexity index is 389. The Hall–Kier alpha value is -0.900. The molecule has 102 valence electrons. The van der Waals surface area contributed by atoms with Crippen molar-refractivity contribution in [2.45, 2.75) is 51.9 Å². The molecule has 3 nitrogen and oxygen atoms in total. The quantitative estimate of drug-likeness (QED) is 0.673. The Morgan fingerprint density at radius 2 is 1.94 bits per heavy atom. The van der Waals surface area contributed by atoms with Crippen LogP contribution in [0.15, 0.2) is 36.0 Å². The molecule has 3 N–H and O–H groups in total. The lowest BCUT2D eigenvalue weighted by molar-refractivity contribution is 0.00681. The van der Waals surface area contributed by atoms with Crippen LogP contribution in [0.4, 0.5) is 0 Å². The second-order valence-electron chi connectivity index (χ2n) is 5.96. The van der Waals surface area contributed by atoms with Crippen molar-refractivity contribution in [3.63, 3.8) is 0 Å². The van der Waals surface area contributed by atoms with E-state index in [9.17, 15) is 15.3 Å². The van der Waals surface area contributed by atoms with Gasteiger partial charge in [-0.3, -0.25) is 0 Å². The van der Waals surface area contributed by atoms with E-state index in [2.05, 4.69) is 6.58 Å². The molecule has 0 aliphatic heterocycles. The van der Waals surface area contributed by atoms with Crippen LogP contribution in [0.3, 0.4) is 0 Å². The summed E-state index contributed by atoms with van der Waals surface area (Å²) in [5.41, 5.74) is 0.429. The Labute approximate surface area is 109 Å². The van der Waals surface area contributed by atoms with E-state index in [0.717, 1.165) is 11.1 Å². The van der Waals surface area contributed by atoms with Crippen molar-refractivity contribution in [1.82, 2.24) is 0 Å². The zero-order chi connectivity index (χ0) is 14.1. The van der Waals surface area contributed by atoms with E-state index in [0.29, 0.717) is 6.42 Å². The normalized spacial score (nSPS) is 31.5. The van der Waals surface area contributed by atoms with Gasteiger partial charge in [-0.05, 0) is 42.9 Å². The van der Waals surface area contributed by atoms with Crippen LogP contribution >= 0.6 is 0 Å². The molecular weight excluding hydrogens is 228 g/mol. The minimum Gasteiger partial charge on any atom is -0.390 e. The molecule has 0 aromatic heterocycles. The van der Waals surface area contributed by atoms with Gasteiger partial charge in [0.1, 0.15) is 6.10 Å². The number of hydrogen-bond donors (Lipinski definition) is 3. The van der Waals surface area contributed by atoms with Crippen LogP contribution in [0.2, 0.25) is 0 Å². The van der Waals surface area contributed by atoms with Gasteiger partial charge in [-0.2, -0.15) is 0 Å². The number of aliphatic hydroxyl groups is 3. The van der Waals surface area contributed by atoms with Gasteiger partial charge in [-0.1, -0.05) is 32.6 Å². The minimum absolute atomic E-state index is 0.226. The van der Waals surface area contributed by atoms with E-state index in [1.165, 1.54) is 6.08 Å². The fourth-order valence-corrected chi connectivity index (χ4v) is 2.40. The van der Waals surface area contributed by atoms with Crippen LogP contribution < -0.4 is 0 Å². The van der Waals surface area contributed by atoms with Crippen molar-refractivity contribution in [2.75, 3.05) is 0 Å². The van der Waals surface area contributed by atoms with E-state index in [4.69, 9.17) is 0 Å². The summed E-state index contributed by atoms with van der Waals surface area (Å²) in [6, 6.07) is 0. The van der Waals surface area contributed by atoms with Gasteiger partial charge in [0.25, 0.3) is 0 Å². The van der Waals surface area contributed by atoms with Crippen LogP contribution in [0.25, 0.3) is 0 Å². The molecule has 3 atom stereocenters. The van der Waals surface area contributed by atoms with Crippen LogP contribution in [0.5, 0.6) is 0 Å². The Balaban J connectivity index is 3.15. The number of hydrogen-bond acceptors (Lipinski definition) is 3. The van der Waals surface area contributed by atoms with Gasteiger partial charge in [0.2, 0.25) is 0 Å². The molecule has 0 fully saturated rings. The molecule has 3 heteroatoms. The molecule has 1 rings (SSSR count). The highest BCUT2D eigenvalue weighted by Crippen LogP contribution is 2.41. The van der Waals surface area contributed by atoms with Crippen LogP contribution in [-0.2, 0) is 0 Å². The SMILES string of the molecule is C=CC(C)(O)/C=C/C1=C(C)C(O)C(O)CC1(C)C. The zero-order valence-electron chi connectivity index (χ0n) is 11.6. The predicted octanol–water partition coefficient (Wildman–Crippen LogP) is 1.95. The molecule has 0 amide bonds. The molecule has 0 saturated carbocycles. The van der Waals surface area contributed by atoms with Crippen molar-refractivity contribution in [3.05, 3.63) is 36.0 Å². The van der Waals surface area contributed by atoms with Gasteiger partial charge in [0.15, 0.2) is 0 Å². The molecule has 1 aliphatic carbocycles. The van der Waals surface area contributed by atoms with E-state index in [-0.39, 0.29) is 5.41 Å². The van der Waals surface area contributed by atoms with Gasteiger partial charge >= 0.3 is 0 Å². The third-order valence-electron chi connectivity index (χ3n) is 3.68.